The molecule has 13 heteroatoms. The highest BCUT2D eigenvalue weighted by Gasteiger charge is 2.33. The number of hydrogen-bond acceptors (Lipinski definition) is 6. The number of nitro groups is 1. The summed E-state index contributed by atoms with van der Waals surface area (Å²) in [5.74, 6) is -1.19. The molecule has 0 aromatic heterocycles. The first kappa shape index (κ1) is 31.9. The third kappa shape index (κ3) is 7.96. The topological polar surface area (TPSA) is 130 Å². The molecule has 10 nitrogen and oxygen atoms in total. The fourth-order valence-corrected chi connectivity index (χ4v) is 5.93. The molecule has 0 aliphatic rings. The van der Waals surface area contributed by atoms with E-state index in [4.69, 9.17) is 23.2 Å². The Labute approximate surface area is 249 Å². The van der Waals surface area contributed by atoms with E-state index >= 15 is 0 Å². The third-order valence-electron chi connectivity index (χ3n) is 6.33. The monoisotopic (exact) mass is 620 g/mol. The molecule has 3 aromatic carbocycles. The number of nitrogens with one attached hydrogen (secondary N) is 1. The van der Waals surface area contributed by atoms with Crippen molar-refractivity contribution in [3.63, 3.8) is 0 Å². The fraction of sp³-hybridized carbons (Fsp3) is 0.286. The molecule has 0 heterocycles. The van der Waals surface area contributed by atoms with Crippen LogP contribution in [0.4, 0.5) is 11.4 Å². The number of carbonyl (C=O) groups excluding carboxylic acids is 2. The van der Waals surface area contributed by atoms with Crippen LogP contribution < -0.4 is 9.62 Å². The number of benzene rings is 3. The highest BCUT2D eigenvalue weighted by Crippen LogP contribution is 2.29. The average molecular weight is 622 g/mol. The van der Waals surface area contributed by atoms with Crippen LogP contribution in [0.5, 0.6) is 0 Å². The van der Waals surface area contributed by atoms with E-state index in [0.29, 0.717) is 12.1 Å². The lowest BCUT2D eigenvalue weighted by atomic mass is 10.1. The maximum Gasteiger partial charge on any atom is 0.271 e. The van der Waals surface area contributed by atoms with Crippen LogP contribution in [0.3, 0.4) is 0 Å². The molecule has 0 fully saturated rings. The smallest absolute Gasteiger partial charge is 0.271 e. The van der Waals surface area contributed by atoms with Gasteiger partial charge in [0.15, 0.2) is 0 Å². The molecule has 0 saturated carbocycles. The van der Waals surface area contributed by atoms with Gasteiger partial charge in [-0.25, -0.2) is 8.42 Å². The number of unbranched alkanes of at least 4 members (excludes halogenated alkanes) is 1. The van der Waals surface area contributed by atoms with Gasteiger partial charge in [0.25, 0.3) is 15.7 Å². The minimum Gasteiger partial charge on any atom is -0.354 e. The van der Waals surface area contributed by atoms with Crippen LogP contribution in [-0.2, 0) is 26.2 Å². The van der Waals surface area contributed by atoms with Gasteiger partial charge in [-0.2, -0.15) is 0 Å². The van der Waals surface area contributed by atoms with Crippen molar-refractivity contribution in [2.75, 3.05) is 17.4 Å². The Morgan fingerprint density at radius 2 is 1.63 bits per heavy atom. The van der Waals surface area contributed by atoms with E-state index in [0.717, 1.165) is 23.2 Å². The van der Waals surface area contributed by atoms with Crippen molar-refractivity contribution in [2.24, 2.45) is 0 Å². The second-order valence-corrected chi connectivity index (χ2v) is 11.8. The third-order valence-corrected chi connectivity index (χ3v) is 8.82. The minimum absolute atomic E-state index is 0.0906. The second-order valence-electron chi connectivity index (χ2n) is 9.14. The number of carbonyl (C=O) groups is 2. The van der Waals surface area contributed by atoms with Crippen molar-refractivity contribution in [3.05, 3.63) is 98.5 Å². The fourth-order valence-electron chi connectivity index (χ4n) is 3.98. The zero-order chi connectivity index (χ0) is 30.2. The molecule has 0 bridgehead atoms. The van der Waals surface area contributed by atoms with Gasteiger partial charge in [0.1, 0.15) is 12.6 Å². The van der Waals surface area contributed by atoms with E-state index in [-0.39, 0.29) is 32.9 Å². The molecule has 2 amide bonds. The van der Waals surface area contributed by atoms with Crippen LogP contribution in [0, 0.1) is 10.1 Å². The molecule has 0 spiro atoms. The summed E-state index contributed by atoms with van der Waals surface area (Å²) >= 11 is 12.7. The summed E-state index contributed by atoms with van der Waals surface area (Å²) < 4.78 is 28.4. The molecule has 1 atom stereocenters. The standard InChI is InChI=1S/C28H30Cl2N4O6S/c1-3-4-16-31-28(36)20(2)32(18-24-25(29)14-9-15-26(24)30)27(35)19-33(21-10-8-11-22(17-21)34(37)38)41(39,40)23-12-6-5-7-13-23/h5-15,17,20H,3-4,16,18-19H2,1-2H3,(H,31,36)/t20-/m0/s1. The van der Waals surface area contributed by atoms with Gasteiger partial charge in [0, 0.05) is 40.8 Å². The van der Waals surface area contributed by atoms with Crippen molar-refractivity contribution < 1.29 is 22.9 Å². The molecule has 3 rings (SSSR count). The van der Waals surface area contributed by atoms with Gasteiger partial charge in [-0.05, 0) is 43.7 Å². The predicted molar refractivity (Wildman–Crippen MR) is 158 cm³/mol. The zero-order valence-electron chi connectivity index (χ0n) is 22.5. The largest absolute Gasteiger partial charge is 0.354 e. The van der Waals surface area contributed by atoms with Gasteiger partial charge in [0.05, 0.1) is 15.5 Å². The quantitative estimate of drug-likeness (QED) is 0.154. The number of halogens is 2. The Kier molecular flexibility index (Phi) is 11.1. The lowest BCUT2D eigenvalue weighted by Gasteiger charge is -2.32. The van der Waals surface area contributed by atoms with Crippen molar-refractivity contribution in [3.8, 4) is 0 Å². The number of rotatable bonds is 13. The van der Waals surface area contributed by atoms with Crippen LogP contribution in [0.15, 0.2) is 77.7 Å². The van der Waals surface area contributed by atoms with Gasteiger partial charge in [0.2, 0.25) is 11.8 Å². The Morgan fingerprint density at radius 1 is 1.00 bits per heavy atom. The highest BCUT2D eigenvalue weighted by molar-refractivity contribution is 7.92. The Hall–Kier alpha value is -3.67. The first-order valence-electron chi connectivity index (χ1n) is 12.8. The molecule has 0 aliphatic carbocycles. The molecular weight excluding hydrogens is 591 g/mol. The van der Waals surface area contributed by atoms with Gasteiger partial charge in [-0.1, -0.05) is 66.9 Å². The van der Waals surface area contributed by atoms with Crippen LogP contribution in [0.2, 0.25) is 10.0 Å². The van der Waals surface area contributed by atoms with Crippen LogP contribution in [0.25, 0.3) is 0 Å². The van der Waals surface area contributed by atoms with Crippen molar-refractivity contribution in [1.29, 1.82) is 0 Å². The average Bonchev–Trinajstić information content (AvgIpc) is 2.95. The van der Waals surface area contributed by atoms with Crippen LogP contribution in [-0.4, -0.2) is 49.2 Å². The van der Waals surface area contributed by atoms with Crippen LogP contribution in [0.1, 0.15) is 32.3 Å². The van der Waals surface area contributed by atoms with Gasteiger partial charge < -0.3 is 10.2 Å². The zero-order valence-corrected chi connectivity index (χ0v) is 24.8. The molecule has 41 heavy (non-hydrogen) atoms. The molecule has 0 radical (unpaired) electrons. The summed E-state index contributed by atoms with van der Waals surface area (Å²) in [5, 5.41) is 14.8. The summed E-state index contributed by atoms with van der Waals surface area (Å²) in [7, 11) is -4.37. The van der Waals surface area contributed by atoms with E-state index in [9.17, 15) is 28.1 Å². The number of hydrogen-bond donors (Lipinski definition) is 1. The van der Waals surface area contributed by atoms with Crippen LogP contribution >= 0.6 is 23.2 Å². The lowest BCUT2D eigenvalue weighted by Crippen LogP contribution is -2.51. The summed E-state index contributed by atoms with van der Waals surface area (Å²) in [4.78, 5) is 38.9. The SMILES string of the molecule is CCCCNC(=O)[C@H](C)N(Cc1c(Cl)cccc1Cl)C(=O)CN(c1cccc([N+](=O)[O-])c1)S(=O)(=O)c1ccccc1. The normalized spacial score (nSPS) is 11.9. The molecule has 218 valence electrons. The Bertz CT molecular complexity index is 1480. The van der Waals surface area contributed by atoms with E-state index < -0.39 is 39.3 Å². The molecular formula is C28H30Cl2N4O6S. The van der Waals surface area contributed by atoms with Gasteiger partial charge in [-0.15, -0.1) is 0 Å². The minimum atomic E-state index is -4.37. The van der Waals surface area contributed by atoms with E-state index in [2.05, 4.69) is 5.32 Å². The first-order valence-corrected chi connectivity index (χ1v) is 15.0. The lowest BCUT2D eigenvalue weighted by molar-refractivity contribution is -0.384. The number of amides is 2. The molecule has 0 aliphatic heterocycles. The Balaban J connectivity index is 2.07. The number of nitrogens with zero attached hydrogens (tertiary/aromatic N) is 3. The second kappa shape index (κ2) is 14.3. The number of anilines is 1. The Morgan fingerprint density at radius 3 is 2.24 bits per heavy atom. The maximum absolute atomic E-state index is 13.9. The number of nitro benzene ring substituents is 1. The molecule has 3 aromatic rings. The number of non-ortho nitro benzene ring substituents is 1. The van der Waals surface area contributed by atoms with E-state index in [1.807, 2.05) is 6.92 Å². The summed E-state index contributed by atoms with van der Waals surface area (Å²) in [6.07, 6.45) is 1.58. The van der Waals surface area contributed by atoms with Crippen molar-refractivity contribution >= 4 is 56.4 Å². The van der Waals surface area contributed by atoms with Crippen molar-refractivity contribution in [2.45, 2.75) is 44.2 Å². The van der Waals surface area contributed by atoms with E-state index in [1.165, 1.54) is 54.3 Å². The predicted octanol–water partition coefficient (Wildman–Crippen LogP) is 5.43. The first-order chi connectivity index (χ1) is 19.5. The summed E-state index contributed by atoms with van der Waals surface area (Å²) in [6, 6.07) is 16.2. The maximum atomic E-state index is 13.9. The van der Waals surface area contributed by atoms with Gasteiger partial charge >= 0.3 is 0 Å². The van der Waals surface area contributed by atoms with E-state index in [1.54, 1.807) is 24.3 Å². The summed E-state index contributed by atoms with van der Waals surface area (Å²) in [5.41, 5.74) is -0.0658. The highest BCUT2D eigenvalue weighted by atomic mass is 35.5. The molecule has 0 saturated heterocycles. The molecule has 1 N–H and O–H groups in total. The number of sulfonamides is 1. The van der Waals surface area contributed by atoms with Gasteiger partial charge in [-0.3, -0.25) is 24.0 Å². The molecule has 0 unspecified atom stereocenters. The summed E-state index contributed by atoms with van der Waals surface area (Å²) in [6.45, 7) is 2.95. The van der Waals surface area contributed by atoms with Crippen molar-refractivity contribution in [1.82, 2.24) is 10.2 Å².